The van der Waals surface area contributed by atoms with Crippen LogP contribution in [0.5, 0.6) is 0 Å². The Morgan fingerprint density at radius 2 is 1.54 bits per heavy atom. The first-order valence-corrected chi connectivity index (χ1v) is 12.5. The molecule has 37 heavy (non-hydrogen) atoms. The van der Waals surface area contributed by atoms with E-state index in [9.17, 15) is 19.2 Å². The average molecular weight is 497 g/mol. The number of imide groups is 1. The molecule has 3 aromatic carbocycles. The summed E-state index contributed by atoms with van der Waals surface area (Å²) in [6.07, 6.45) is 2.82. The molecule has 2 aliphatic heterocycles. The van der Waals surface area contributed by atoms with Crippen molar-refractivity contribution in [2.45, 2.75) is 26.2 Å². The molecule has 0 aromatic heterocycles. The molecular formula is C30H28N2O5. The third-order valence-electron chi connectivity index (χ3n) is 7.14. The minimum Gasteiger partial charge on any atom is -0.452 e. The summed E-state index contributed by atoms with van der Waals surface area (Å²) < 4.78 is 5.28. The van der Waals surface area contributed by atoms with Crippen molar-refractivity contribution in [2.24, 2.45) is 5.92 Å². The standard InChI is InChI=1S/C30H28N2O5/c1-20-7-5-6-10-26(20)32-28(34)24-12-11-23(18-25(24)29(32)35)30(36)37-19-27(33)31-15-13-22(14-16-31)17-21-8-3-2-4-9-21/h2-12,18,22H,13-17,19H2,1H3. The summed E-state index contributed by atoms with van der Waals surface area (Å²) in [5, 5.41) is 0. The quantitative estimate of drug-likeness (QED) is 0.372. The van der Waals surface area contributed by atoms with E-state index in [-0.39, 0.29) is 29.2 Å². The number of rotatable bonds is 6. The van der Waals surface area contributed by atoms with Crippen LogP contribution in [0.15, 0.2) is 72.8 Å². The summed E-state index contributed by atoms with van der Waals surface area (Å²) in [4.78, 5) is 54.1. The van der Waals surface area contributed by atoms with Crippen LogP contribution in [-0.4, -0.2) is 48.3 Å². The van der Waals surface area contributed by atoms with Crippen molar-refractivity contribution in [2.75, 3.05) is 24.6 Å². The van der Waals surface area contributed by atoms with E-state index < -0.39 is 17.8 Å². The van der Waals surface area contributed by atoms with Gasteiger partial charge in [0.2, 0.25) is 0 Å². The Kier molecular flexibility index (Phi) is 6.86. The fourth-order valence-corrected chi connectivity index (χ4v) is 5.04. The number of hydrogen-bond donors (Lipinski definition) is 0. The van der Waals surface area contributed by atoms with Crippen LogP contribution in [0.4, 0.5) is 5.69 Å². The predicted octanol–water partition coefficient (Wildman–Crippen LogP) is 4.43. The molecule has 3 aromatic rings. The highest BCUT2D eigenvalue weighted by atomic mass is 16.5. The van der Waals surface area contributed by atoms with Crippen LogP contribution >= 0.6 is 0 Å². The highest BCUT2D eigenvalue weighted by Gasteiger charge is 2.38. The molecule has 0 unspecified atom stereocenters. The van der Waals surface area contributed by atoms with Gasteiger partial charge in [-0.05, 0) is 67.5 Å². The molecule has 0 bridgehead atoms. The number of benzene rings is 3. The van der Waals surface area contributed by atoms with Gasteiger partial charge in [0, 0.05) is 13.1 Å². The van der Waals surface area contributed by atoms with Crippen LogP contribution in [0.25, 0.3) is 0 Å². The fraction of sp³-hybridized carbons (Fsp3) is 0.267. The number of fused-ring (bicyclic) bond motifs is 1. The number of anilines is 1. The lowest BCUT2D eigenvalue weighted by Gasteiger charge is -2.32. The number of carbonyl (C=O) groups is 4. The minimum absolute atomic E-state index is 0.126. The van der Waals surface area contributed by atoms with Gasteiger partial charge < -0.3 is 9.64 Å². The molecular weight excluding hydrogens is 468 g/mol. The van der Waals surface area contributed by atoms with Gasteiger partial charge in [-0.2, -0.15) is 0 Å². The van der Waals surface area contributed by atoms with Crippen molar-refractivity contribution in [1.82, 2.24) is 4.90 Å². The smallest absolute Gasteiger partial charge is 0.338 e. The summed E-state index contributed by atoms with van der Waals surface area (Å²) in [6, 6.07) is 21.7. The van der Waals surface area contributed by atoms with Gasteiger partial charge in [-0.25, -0.2) is 9.69 Å². The second-order valence-electron chi connectivity index (χ2n) is 9.58. The number of para-hydroxylation sites is 1. The molecule has 188 valence electrons. The summed E-state index contributed by atoms with van der Waals surface area (Å²) in [6.45, 7) is 2.74. The molecule has 3 amide bonds. The lowest BCUT2D eigenvalue weighted by molar-refractivity contribution is -0.135. The third kappa shape index (κ3) is 5.03. The largest absolute Gasteiger partial charge is 0.452 e. The van der Waals surface area contributed by atoms with Crippen molar-refractivity contribution in [3.8, 4) is 0 Å². The third-order valence-corrected chi connectivity index (χ3v) is 7.14. The minimum atomic E-state index is -0.704. The van der Waals surface area contributed by atoms with E-state index in [0.29, 0.717) is 24.7 Å². The maximum absolute atomic E-state index is 13.0. The Balaban J connectivity index is 1.17. The van der Waals surface area contributed by atoms with E-state index >= 15 is 0 Å². The van der Waals surface area contributed by atoms with Gasteiger partial charge in [0.1, 0.15) is 0 Å². The van der Waals surface area contributed by atoms with Crippen LogP contribution < -0.4 is 4.90 Å². The van der Waals surface area contributed by atoms with E-state index in [2.05, 4.69) is 12.1 Å². The van der Waals surface area contributed by atoms with E-state index in [1.54, 1.807) is 17.0 Å². The molecule has 1 saturated heterocycles. The van der Waals surface area contributed by atoms with Crippen LogP contribution in [0.1, 0.15) is 55.0 Å². The number of piperidine rings is 1. The number of esters is 1. The number of aryl methyl sites for hydroxylation is 1. The van der Waals surface area contributed by atoms with Gasteiger partial charge in [-0.15, -0.1) is 0 Å². The Labute approximate surface area is 215 Å². The van der Waals surface area contributed by atoms with Crippen LogP contribution in [0.2, 0.25) is 0 Å². The highest BCUT2D eigenvalue weighted by Crippen LogP contribution is 2.31. The maximum Gasteiger partial charge on any atom is 0.338 e. The van der Waals surface area contributed by atoms with Crippen molar-refractivity contribution in [3.63, 3.8) is 0 Å². The summed E-state index contributed by atoms with van der Waals surface area (Å²) in [5.74, 6) is -1.33. The molecule has 0 radical (unpaired) electrons. The Morgan fingerprint density at radius 3 is 2.27 bits per heavy atom. The number of hydrogen-bond acceptors (Lipinski definition) is 5. The van der Waals surface area contributed by atoms with E-state index in [0.717, 1.165) is 29.7 Å². The topological polar surface area (TPSA) is 84.0 Å². The zero-order valence-corrected chi connectivity index (χ0v) is 20.7. The number of likely N-dealkylation sites (tertiary alicyclic amines) is 1. The first-order chi connectivity index (χ1) is 17.9. The van der Waals surface area contributed by atoms with Crippen molar-refractivity contribution < 1.29 is 23.9 Å². The lowest BCUT2D eigenvalue weighted by atomic mass is 9.90. The number of ether oxygens (including phenoxy) is 1. The molecule has 0 aliphatic carbocycles. The lowest BCUT2D eigenvalue weighted by Crippen LogP contribution is -2.41. The predicted molar refractivity (Wildman–Crippen MR) is 138 cm³/mol. The van der Waals surface area contributed by atoms with E-state index in [1.807, 2.05) is 37.3 Å². The highest BCUT2D eigenvalue weighted by molar-refractivity contribution is 6.34. The molecule has 5 rings (SSSR count). The summed E-state index contributed by atoms with van der Waals surface area (Å²) in [7, 11) is 0. The molecule has 0 saturated carbocycles. The van der Waals surface area contributed by atoms with Crippen LogP contribution in [-0.2, 0) is 16.0 Å². The molecule has 0 N–H and O–H groups in total. The van der Waals surface area contributed by atoms with E-state index in [4.69, 9.17) is 4.74 Å². The van der Waals surface area contributed by atoms with Gasteiger partial charge in [-0.3, -0.25) is 14.4 Å². The second-order valence-corrected chi connectivity index (χ2v) is 9.58. The summed E-state index contributed by atoms with van der Waals surface area (Å²) >= 11 is 0. The average Bonchev–Trinajstić information content (AvgIpc) is 3.17. The Hall–Kier alpha value is -4.26. The molecule has 1 fully saturated rings. The van der Waals surface area contributed by atoms with Crippen LogP contribution in [0.3, 0.4) is 0 Å². The van der Waals surface area contributed by atoms with Crippen LogP contribution in [0, 0.1) is 12.8 Å². The first-order valence-electron chi connectivity index (χ1n) is 12.5. The monoisotopic (exact) mass is 496 g/mol. The number of carbonyl (C=O) groups excluding carboxylic acids is 4. The zero-order valence-electron chi connectivity index (χ0n) is 20.7. The van der Waals surface area contributed by atoms with Gasteiger partial charge >= 0.3 is 5.97 Å². The van der Waals surface area contributed by atoms with E-state index in [1.165, 1.54) is 23.8 Å². The molecule has 0 spiro atoms. The SMILES string of the molecule is Cc1ccccc1N1C(=O)c2ccc(C(=O)OCC(=O)N3CCC(Cc4ccccc4)CC3)cc2C1=O. The van der Waals surface area contributed by atoms with Crippen molar-refractivity contribution in [3.05, 3.63) is 101 Å². The Morgan fingerprint density at radius 1 is 0.865 bits per heavy atom. The fourth-order valence-electron chi connectivity index (χ4n) is 5.04. The van der Waals surface area contributed by atoms with Gasteiger partial charge in [0.25, 0.3) is 17.7 Å². The van der Waals surface area contributed by atoms with Gasteiger partial charge in [0.15, 0.2) is 6.61 Å². The molecule has 2 heterocycles. The van der Waals surface area contributed by atoms with Crippen molar-refractivity contribution >= 4 is 29.4 Å². The zero-order chi connectivity index (χ0) is 25.9. The van der Waals surface area contributed by atoms with Gasteiger partial charge in [0.05, 0.1) is 22.4 Å². The molecule has 7 nitrogen and oxygen atoms in total. The maximum atomic E-state index is 13.0. The normalized spacial score (nSPS) is 15.6. The molecule has 2 aliphatic rings. The van der Waals surface area contributed by atoms with Gasteiger partial charge in [-0.1, -0.05) is 48.5 Å². The Bertz CT molecular complexity index is 1360. The first kappa shape index (κ1) is 24.4. The van der Waals surface area contributed by atoms with Crippen molar-refractivity contribution in [1.29, 1.82) is 0 Å². The molecule has 7 heteroatoms. The summed E-state index contributed by atoms with van der Waals surface area (Å²) in [5.41, 5.74) is 3.11. The molecule has 0 atom stereocenters. The number of amides is 3. The second kappa shape index (κ2) is 10.4. The number of nitrogens with zero attached hydrogens (tertiary/aromatic N) is 2.